The quantitative estimate of drug-likeness (QED) is 0.907. The first-order valence-corrected chi connectivity index (χ1v) is 7.42. The van der Waals surface area contributed by atoms with Crippen molar-refractivity contribution in [3.8, 4) is 0 Å². The lowest BCUT2D eigenvalue weighted by Crippen LogP contribution is -2.34. The Balaban J connectivity index is 1.69. The lowest BCUT2D eigenvalue weighted by atomic mass is 9.90. The monoisotopic (exact) mass is 297 g/mol. The fourth-order valence-corrected chi connectivity index (χ4v) is 2.89. The summed E-state index contributed by atoms with van der Waals surface area (Å²) in [4.78, 5) is 27.9. The van der Waals surface area contributed by atoms with Crippen LogP contribution < -0.4 is 15.8 Å². The Labute approximate surface area is 129 Å². The van der Waals surface area contributed by atoms with Crippen LogP contribution in [0.15, 0.2) is 47.4 Å². The standard InChI is InChI=1S/C17H19N3O2/c1-20-9-8-12(14-4-2-3-5-15(14)20)10-19-17(22)13-6-7-16(21)18-11-13/h2-7,11-12H,8-10H2,1H3,(H,18,21)(H,19,22)/t12-/m1/s1. The number of hydrogen-bond donors (Lipinski definition) is 2. The van der Waals surface area contributed by atoms with Crippen molar-refractivity contribution in [3.63, 3.8) is 0 Å². The third-order valence-electron chi connectivity index (χ3n) is 4.16. The zero-order valence-corrected chi connectivity index (χ0v) is 12.5. The average Bonchev–Trinajstić information content (AvgIpc) is 2.55. The van der Waals surface area contributed by atoms with Crippen LogP contribution in [-0.4, -0.2) is 31.0 Å². The smallest absolute Gasteiger partial charge is 0.252 e. The van der Waals surface area contributed by atoms with Crippen molar-refractivity contribution in [1.29, 1.82) is 0 Å². The number of aromatic amines is 1. The number of nitrogens with zero attached hydrogens (tertiary/aromatic N) is 1. The predicted molar refractivity (Wildman–Crippen MR) is 86.5 cm³/mol. The summed E-state index contributed by atoms with van der Waals surface area (Å²) < 4.78 is 0. The maximum Gasteiger partial charge on any atom is 0.252 e. The van der Waals surface area contributed by atoms with Gasteiger partial charge in [0.2, 0.25) is 5.56 Å². The molecule has 114 valence electrons. The molecule has 3 rings (SSSR count). The van der Waals surface area contributed by atoms with Gasteiger partial charge in [-0.25, -0.2) is 0 Å². The fourth-order valence-electron chi connectivity index (χ4n) is 2.89. The topological polar surface area (TPSA) is 65.2 Å². The number of carbonyl (C=O) groups excluding carboxylic acids is 1. The van der Waals surface area contributed by atoms with Gasteiger partial charge < -0.3 is 15.2 Å². The molecule has 0 saturated carbocycles. The lowest BCUT2D eigenvalue weighted by Gasteiger charge is -2.33. The molecule has 1 amide bonds. The summed E-state index contributed by atoms with van der Waals surface area (Å²) in [6.07, 6.45) is 2.46. The molecule has 1 atom stereocenters. The Kier molecular flexibility index (Phi) is 3.96. The number of anilines is 1. The van der Waals surface area contributed by atoms with Crippen LogP contribution in [0.4, 0.5) is 5.69 Å². The summed E-state index contributed by atoms with van der Waals surface area (Å²) in [7, 11) is 2.09. The SMILES string of the molecule is CN1CC[C@H](CNC(=O)c2ccc(=O)[nH]c2)c2ccccc21. The van der Waals surface area contributed by atoms with Gasteiger partial charge in [-0.15, -0.1) is 0 Å². The second kappa shape index (κ2) is 6.05. The third-order valence-corrected chi connectivity index (χ3v) is 4.16. The highest BCUT2D eigenvalue weighted by molar-refractivity contribution is 5.93. The van der Waals surface area contributed by atoms with E-state index < -0.39 is 0 Å². The fraction of sp³-hybridized carbons (Fsp3) is 0.294. The summed E-state index contributed by atoms with van der Waals surface area (Å²) in [5.41, 5.74) is 2.77. The molecule has 0 bridgehead atoms. The lowest BCUT2D eigenvalue weighted by molar-refractivity contribution is 0.0950. The first-order chi connectivity index (χ1) is 10.6. The first-order valence-electron chi connectivity index (χ1n) is 7.42. The molecule has 0 radical (unpaired) electrons. The summed E-state index contributed by atoms with van der Waals surface area (Å²) in [5.74, 6) is 0.159. The van der Waals surface area contributed by atoms with E-state index in [9.17, 15) is 9.59 Å². The van der Waals surface area contributed by atoms with Gasteiger partial charge in [-0.05, 0) is 24.1 Å². The molecule has 5 heteroatoms. The molecular formula is C17H19N3O2. The Hall–Kier alpha value is -2.56. The normalized spacial score (nSPS) is 17.0. The van der Waals surface area contributed by atoms with Crippen LogP contribution in [0, 0.1) is 0 Å². The summed E-state index contributed by atoms with van der Waals surface area (Å²) in [6.45, 7) is 1.58. The van der Waals surface area contributed by atoms with Crippen molar-refractivity contribution in [2.45, 2.75) is 12.3 Å². The largest absolute Gasteiger partial charge is 0.374 e. The second-order valence-corrected chi connectivity index (χ2v) is 5.62. The number of pyridine rings is 1. The van der Waals surface area contributed by atoms with Crippen molar-refractivity contribution in [2.24, 2.45) is 0 Å². The van der Waals surface area contributed by atoms with Gasteiger partial charge in [-0.3, -0.25) is 9.59 Å². The van der Waals surface area contributed by atoms with Crippen molar-refractivity contribution in [3.05, 3.63) is 64.1 Å². The van der Waals surface area contributed by atoms with Crippen LogP contribution in [0.25, 0.3) is 0 Å². The van der Waals surface area contributed by atoms with Crippen LogP contribution in [0.2, 0.25) is 0 Å². The van der Waals surface area contributed by atoms with Crippen molar-refractivity contribution >= 4 is 11.6 Å². The molecule has 2 heterocycles. The van der Waals surface area contributed by atoms with Crippen LogP contribution in [0.5, 0.6) is 0 Å². The number of hydrogen-bond acceptors (Lipinski definition) is 3. The van der Waals surface area contributed by atoms with E-state index in [1.165, 1.54) is 29.6 Å². The zero-order valence-electron chi connectivity index (χ0n) is 12.5. The van der Waals surface area contributed by atoms with Gasteiger partial charge in [0.05, 0.1) is 5.56 Å². The summed E-state index contributed by atoms with van der Waals surface area (Å²) in [5, 5.41) is 2.96. The molecule has 2 aromatic rings. The van der Waals surface area contributed by atoms with Crippen LogP contribution in [-0.2, 0) is 0 Å². The van der Waals surface area contributed by atoms with E-state index in [1.54, 1.807) is 0 Å². The highest BCUT2D eigenvalue weighted by Crippen LogP contribution is 2.33. The van der Waals surface area contributed by atoms with E-state index in [0.29, 0.717) is 18.0 Å². The molecule has 1 aromatic carbocycles. The van der Waals surface area contributed by atoms with E-state index in [4.69, 9.17) is 0 Å². The Morgan fingerprint density at radius 2 is 2.14 bits per heavy atom. The molecule has 1 aliphatic heterocycles. The molecule has 0 aliphatic carbocycles. The minimum atomic E-state index is -0.208. The van der Waals surface area contributed by atoms with Gasteiger partial charge in [0, 0.05) is 44.0 Å². The molecule has 0 fully saturated rings. The average molecular weight is 297 g/mol. The molecule has 0 unspecified atom stereocenters. The number of H-pyrrole nitrogens is 1. The minimum absolute atomic E-state index is 0.160. The van der Waals surface area contributed by atoms with Gasteiger partial charge in [0.15, 0.2) is 0 Å². The zero-order chi connectivity index (χ0) is 15.5. The number of fused-ring (bicyclic) bond motifs is 1. The minimum Gasteiger partial charge on any atom is -0.374 e. The molecular weight excluding hydrogens is 278 g/mol. The van der Waals surface area contributed by atoms with Crippen molar-refractivity contribution < 1.29 is 4.79 Å². The number of amides is 1. The Bertz CT molecular complexity index is 718. The predicted octanol–water partition coefficient (Wildman–Crippen LogP) is 1.73. The van der Waals surface area contributed by atoms with E-state index in [-0.39, 0.29) is 11.5 Å². The van der Waals surface area contributed by atoms with Gasteiger partial charge in [-0.1, -0.05) is 18.2 Å². The molecule has 2 N–H and O–H groups in total. The molecule has 1 aliphatic rings. The number of carbonyl (C=O) groups is 1. The maximum absolute atomic E-state index is 12.1. The van der Waals surface area contributed by atoms with E-state index >= 15 is 0 Å². The summed E-state index contributed by atoms with van der Waals surface area (Å²) in [6, 6.07) is 11.2. The number of para-hydroxylation sites is 1. The molecule has 1 aromatic heterocycles. The van der Waals surface area contributed by atoms with Gasteiger partial charge in [-0.2, -0.15) is 0 Å². The van der Waals surface area contributed by atoms with Gasteiger partial charge in [0.1, 0.15) is 0 Å². The second-order valence-electron chi connectivity index (χ2n) is 5.62. The van der Waals surface area contributed by atoms with E-state index in [2.05, 4.69) is 34.4 Å². The summed E-state index contributed by atoms with van der Waals surface area (Å²) >= 11 is 0. The molecule has 0 saturated heterocycles. The van der Waals surface area contributed by atoms with Crippen molar-refractivity contribution in [1.82, 2.24) is 10.3 Å². The molecule has 22 heavy (non-hydrogen) atoms. The van der Waals surface area contributed by atoms with Crippen LogP contribution >= 0.6 is 0 Å². The Morgan fingerprint density at radius 3 is 2.91 bits per heavy atom. The highest BCUT2D eigenvalue weighted by Gasteiger charge is 2.23. The molecule has 5 nitrogen and oxygen atoms in total. The van der Waals surface area contributed by atoms with Crippen LogP contribution in [0.3, 0.4) is 0 Å². The number of aromatic nitrogens is 1. The van der Waals surface area contributed by atoms with Gasteiger partial charge >= 0.3 is 0 Å². The highest BCUT2D eigenvalue weighted by atomic mass is 16.1. The van der Waals surface area contributed by atoms with Crippen molar-refractivity contribution in [2.75, 3.05) is 25.0 Å². The van der Waals surface area contributed by atoms with Crippen LogP contribution in [0.1, 0.15) is 28.3 Å². The molecule has 0 spiro atoms. The number of nitrogens with one attached hydrogen (secondary N) is 2. The van der Waals surface area contributed by atoms with E-state index in [0.717, 1.165) is 13.0 Å². The first kappa shape index (κ1) is 14.4. The number of rotatable bonds is 3. The Morgan fingerprint density at radius 1 is 1.32 bits per heavy atom. The van der Waals surface area contributed by atoms with E-state index in [1.807, 2.05) is 12.1 Å². The maximum atomic E-state index is 12.1. The third kappa shape index (κ3) is 2.88. The van der Waals surface area contributed by atoms with Gasteiger partial charge in [0.25, 0.3) is 5.91 Å². The number of benzene rings is 1.